The zero-order chi connectivity index (χ0) is 16.6. The van der Waals surface area contributed by atoms with Crippen molar-refractivity contribution in [3.05, 3.63) is 17.8 Å². The average Bonchev–Trinajstić information content (AvgIpc) is 3.05. The van der Waals surface area contributed by atoms with Crippen molar-refractivity contribution < 1.29 is 4.79 Å². The van der Waals surface area contributed by atoms with Gasteiger partial charge in [-0.2, -0.15) is 8.75 Å². The summed E-state index contributed by atoms with van der Waals surface area (Å²) in [6.07, 6.45) is 15.5. The summed E-state index contributed by atoms with van der Waals surface area (Å²) in [5.41, 5.74) is 1.90. The third-order valence-corrected chi connectivity index (χ3v) is 5.35. The molecule has 1 amide bonds. The summed E-state index contributed by atoms with van der Waals surface area (Å²) >= 11 is 1.13. The Labute approximate surface area is 147 Å². The Morgan fingerprint density at radius 3 is 2.25 bits per heavy atom. The van der Waals surface area contributed by atoms with Crippen LogP contribution in [0.3, 0.4) is 0 Å². The molecular formula is C18H26N4OS. The number of carbonyl (C=O) groups excluding carboxylic acids is 1. The molecule has 2 heterocycles. The molecule has 1 aliphatic carbocycles. The van der Waals surface area contributed by atoms with Crippen molar-refractivity contribution in [3.8, 4) is 0 Å². The van der Waals surface area contributed by atoms with Gasteiger partial charge < -0.3 is 5.32 Å². The molecule has 1 N–H and O–H groups in total. The molecule has 130 valence electrons. The molecule has 0 atom stereocenters. The predicted octanol–water partition coefficient (Wildman–Crippen LogP) is 4.49. The van der Waals surface area contributed by atoms with Gasteiger partial charge in [-0.1, -0.05) is 57.8 Å². The van der Waals surface area contributed by atoms with Gasteiger partial charge in [0.05, 0.1) is 17.3 Å². The number of nitrogens with zero attached hydrogens (tertiary/aromatic N) is 3. The maximum Gasteiger partial charge on any atom is 0.253 e. The highest BCUT2D eigenvalue weighted by molar-refractivity contribution is 7.00. The van der Waals surface area contributed by atoms with E-state index in [9.17, 15) is 4.79 Å². The highest BCUT2D eigenvalue weighted by atomic mass is 32.1. The molecule has 2 aromatic heterocycles. The van der Waals surface area contributed by atoms with Crippen molar-refractivity contribution in [3.63, 3.8) is 0 Å². The normalized spacial score (nSPS) is 18.7. The largest absolute Gasteiger partial charge is 0.349 e. The minimum absolute atomic E-state index is 0.0329. The van der Waals surface area contributed by atoms with Crippen LogP contribution in [0.15, 0.2) is 12.3 Å². The maximum absolute atomic E-state index is 12.6. The van der Waals surface area contributed by atoms with Gasteiger partial charge in [0.2, 0.25) is 0 Å². The molecule has 0 aliphatic heterocycles. The first-order valence-electron chi connectivity index (χ1n) is 9.22. The van der Waals surface area contributed by atoms with Crippen LogP contribution in [-0.4, -0.2) is 25.7 Å². The molecule has 1 aliphatic rings. The third-order valence-electron chi connectivity index (χ3n) is 4.82. The van der Waals surface area contributed by atoms with Crippen LogP contribution >= 0.6 is 11.7 Å². The monoisotopic (exact) mass is 346 g/mol. The number of nitrogens with one attached hydrogen (secondary N) is 1. The lowest BCUT2D eigenvalue weighted by Crippen LogP contribution is -2.35. The van der Waals surface area contributed by atoms with E-state index < -0.39 is 0 Å². The maximum atomic E-state index is 12.6. The fourth-order valence-electron chi connectivity index (χ4n) is 3.39. The molecule has 1 fully saturated rings. The highest BCUT2D eigenvalue weighted by Gasteiger charge is 2.15. The lowest BCUT2D eigenvalue weighted by Gasteiger charge is -2.19. The topological polar surface area (TPSA) is 67.8 Å². The Morgan fingerprint density at radius 2 is 1.58 bits per heavy atom. The van der Waals surface area contributed by atoms with Gasteiger partial charge in [-0.25, -0.2) is 4.98 Å². The fraction of sp³-hybridized carbons (Fsp3) is 0.667. The number of hydrogen-bond donors (Lipinski definition) is 1. The Morgan fingerprint density at radius 1 is 0.958 bits per heavy atom. The molecule has 5 nitrogen and oxygen atoms in total. The van der Waals surface area contributed by atoms with Crippen LogP contribution in [0.4, 0.5) is 0 Å². The SMILES string of the molecule is O=C(NC1CCCCCCCCCCC1)c1cnc2nsnc2c1. The van der Waals surface area contributed by atoms with Crippen molar-refractivity contribution in [1.82, 2.24) is 19.0 Å². The quantitative estimate of drug-likeness (QED) is 0.870. The number of aromatic nitrogens is 3. The third kappa shape index (κ3) is 4.97. The van der Waals surface area contributed by atoms with Gasteiger partial charge in [0.25, 0.3) is 5.91 Å². The fourth-order valence-corrected chi connectivity index (χ4v) is 3.87. The molecule has 0 aromatic carbocycles. The van der Waals surface area contributed by atoms with Gasteiger partial charge in [-0.3, -0.25) is 4.79 Å². The minimum atomic E-state index is -0.0329. The standard InChI is InChI=1S/C18H26N4OS/c23-18(14-12-16-17(19-13-14)22-24-21-16)20-15-10-8-6-4-2-1-3-5-7-9-11-15/h12-13,15H,1-11H2,(H,20,23). The van der Waals surface area contributed by atoms with Crippen LogP contribution in [0.1, 0.15) is 81.0 Å². The van der Waals surface area contributed by atoms with Gasteiger partial charge >= 0.3 is 0 Å². The van der Waals surface area contributed by atoms with Crippen LogP contribution in [0.25, 0.3) is 11.2 Å². The molecule has 24 heavy (non-hydrogen) atoms. The molecule has 1 saturated carbocycles. The van der Waals surface area contributed by atoms with E-state index in [0.717, 1.165) is 24.6 Å². The number of carbonyl (C=O) groups is 1. The van der Waals surface area contributed by atoms with Crippen molar-refractivity contribution in [2.24, 2.45) is 0 Å². The summed E-state index contributed by atoms with van der Waals surface area (Å²) in [7, 11) is 0. The number of hydrogen-bond acceptors (Lipinski definition) is 5. The first-order valence-corrected chi connectivity index (χ1v) is 9.95. The number of fused-ring (bicyclic) bond motifs is 1. The van der Waals surface area contributed by atoms with E-state index in [1.807, 2.05) is 0 Å². The van der Waals surface area contributed by atoms with E-state index in [1.54, 1.807) is 12.3 Å². The number of rotatable bonds is 2. The predicted molar refractivity (Wildman–Crippen MR) is 97.3 cm³/mol. The van der Waals surface area contributed by atoms with Crippen LogP contribution in [-0.2, 0) is 0 Å². The lowest BCUT2D eigenvalue weighted by molar-refractivity contribution is 0.0931. The summed E-state index contributed by atoms with van der Waals surface area (Å²) in [5.74, 6) is -0.0329. The summed E-state index contributed by atoms with van der Waals surface area (Å²) in [6, 6.07) is 2.07. The average molecular weight is 346 g/mol. The van der Waals surface area contributed by atoms with E-state index >= 15 is 0 Å². The van der Waals surface area contributed by atoms with Crippen LogP contribution in [0.2, 0.25) is 0 Å². The van der Waals surface area contributed by atoms with Gasteiger partial charge in [0.15, 0.2) is 5.65 Å². The summed E-state index contributed by atoms with van der Waals surface area (Å²) < 4.78 is 8.25. The highest BCUT2D eigenvalue weighted by Crippen LogP contribution is 2.18. The van der Waals surface area contributed by atoms with Crippen LogP contribution < -0.4 is 5.32 Å². The van der Waals surface area contributed by atoms with Crippen molar-refractivity contribution >= 4 is 28.8 Å². The molecule has 0 unspecified atom stereocenters. The second-order valence-electron chi connectivity index (χ2n) is 6.76. The van der Waals surface area contributed by atoms with Gasteiger partial charge in [0.1, 0.15) is 5.52 Å². The molecule has 6 heteroatoms. The molecule has 3 rings (SSSR count). The Bertz CT molecular complexity index is 645. The molecule has 2 aromatic rings. The summed E-state index contributed by atoms with van der Waals surface area (Å²) in [6.45, 7) is 0. The Kier molecular flexibility index (Phi) is 6.52. The van der Waals surface area contributed by atoms with Crippen molar-refractivity contribution in [1.29, 1.82) is 0 Å². The molecule has 0 radical (unpaired) electrons. The zero-order valence-corrected chi connectivity index (χ0v) is 15.0. The first kappa shape index (κ1) is 17.3. The zero-order valence-electron chi connectivity index (χ0n) is 14.2. The van der Waals surface area contributed by atoms with Crippen molar-refractivity contribution in [2.45, 2.75) is 76.7 Å². The minimum Gasteiger partial charge on any atom is -0.349 e. The van der Waals surface area contributed by atoms with Crippen LogP contribution in [0.5, 0.6) is 0 Å². The van der Waals surface area contributed by atoms with Crippen LogP contribution in [0, 0.1) is 0 Å². The number of pyridine rings is 1. The van der Waals surface area contributed by atoms with Crippen molar-refractivity contribution in [2.75, 3.05) is 0 Å². The molecule has 0 bridgehead atoms. The van der Waals surface area contributed by atoms with E-state index in [0.29, 0.717) is 16.7 Å². The number of amides is 1. The smallest absolute Gasteiger partial charge is 0.253 e. The Balaban J connectivity index is 1.59. The van der Waals surface area contributed by atoms with Gasteiger partial charge in [-0.05, 0) is 18.9 Å². The Hall–Kier alpha value is -1.56. The second kappa shape index (κ2) is 9.06. The van der Waals surface area contributed by atoms with E-state index in [1.165, 1.54) is 57.8 Å². The second-order valence-corrected chi connectivity index (χ2v) is 7.29. The lowest BCUT2D eigenvalue weighted by atomic mass is 9.98. The van der Waals surface area contributed by atoms with Gasteiger partial charge in [0, 0.05) is 12.2 Å². The molecular weight excluding hydrogens is 320 g/mol. The molecule has 0 spiro atoms. The van der Waals surface area contributed by atoms with E-state index in [-0.39, 0.29) is 11.9 Å². The summed E-state index contributed by atoms with van der Waals surface area (Å²) in [4.78, 5) is 16.8. The van der Waals surface area contributed by atoms with Gasteiger partial charge in [-0.15, -0.1) is 0 Å². The summed E-state index contributed by atoms with van der Waals surface area (Å²) in [5, 5.41) is 3.22. The van der Waals surface area contributed by atoms with E-state index in [4.69, 9.17) is 0 Å². The first-order chi connectivity index (χ1) is 11.8. The molecule has 0 saturated heterocycles. The van der Waals surface area contributed by atoms with E-state index in [2.05, 4.69) is 19.0 Å².